The Bertz CT molecular complexity index is 1230. The van der Waals surface area contributed by atoms with Gasteiger partial charge in [-0.1, -0.05) is 24.3 Å². The van der Waals surface area contributed by atoms with Gasteiger partial charge in [0.05, 0.1) is 23.0 Å². The maximum Gasteiger partial charge on any atom is 0.289 e. The van der Waals surface area contributed by atoms with Crippen LogP contribution in [0.2, 0.25) is 0 Å². The van der Waals surface area contributed by atoms with Crippen LogP contribution in [0.4, 0.5) is 4.39 Å². The number of para-hydroxylation sites is 1. The van der Waals surface area contributed by atoms with E-state index >= 15 is 0 Å². The fraction of sp³-hybridized carbons (Fsp3) is 0.0952. The van der Waals surface area contributed by atoms with Crippen molar-refractivity contribution >= 4 is 16.8 Å². The summed E-state index contributed by atoms with van der Waals surface area (Å²) in [5.41, 5.74) is 0.577. The SMILES string of the molecule is CN(Cc1nc2ccccc2c(=O)[nH]1)C(=O)c1ccc(-c2ccccc2F)o1. The van der Waals surface area contributed by atoms with E-state index in [-0.39, 0.29) is 29.2 Å². The van der Waals surface area contributed by atoms with Gasteiger partial charge in [0.15, 0.2) is 5.76 Å². The topological polar surface area (TPSA) is 79.2 Å². The zero-order valence-electron chi connectivity index (χ0n) is 15.0. The summed E-state index contributed by atoms with van der Waals surface area (Å²) >= 11 is 0. The normalized spacial score (nSPS) is 10.9. The lowest BCUT2D eigenvalue weighted by Gasteiger charge is -2.15. The number of aromatic amines is 1. The van der Waals surface area contributed by atoms with Crippen molar-refractivity contribution in [3.8, 4) is 11.3 Å². The highest BCUT2D eigenvalue weighted by Gasteiger charge is 2.19. The predicted molar refractivity (Wildman–Crippen MR) is 102 cm³/mol. The first-order chi connectivity index (χ1) is 13.5. The van der Waals surface area contributed by atoms with Crippen molar-refractivity contribution in [2.75, 3.05) is 7.05 Å². The number of furan rings is 1. The van der Waals surface area contributed by atoms with Gasteiger partial charge in [-0.3, -0.25) is 9.59 Å². The molecule has 0 saturated heterocycles. The molecule has 0 spiro atoms. The predicted octanol–water partition coefficient (Wildman–Crippen LogP) is 3.59. The Kier molecular flexibility index (Phi) is 4.49. The van der Waals surface area contributed by atoms with E-state index < -0.39 is 11.7 Å². The van der Waals surface area contributed by atoms with Crippen LogP contribution >= 0.6 is 0 Å². The number of amides is 1. The third kappa shape index (κ3) is 3.29. The molecular weight excluding hydrogens is 361 g/mol. The van der Waals surface area contributed by atoms with E-state index in [4.69, 9.17) is 4.42 Å². The number of halogens is 1. The Hall–Kier alpha value is -3.74. The van der Waals surface area contributed by atoms with Crippen LogP contribution in [0, 0.1) is 5.82 Å². The molecule has 0 unspecified atom stereocenters. The molecule has 1 amide bonds. The van der Waals surface area contributed by atoms with Crippen LogP contribution in [-0.2, 0) is 6.54 Å². The maximum atomic E-state index is 13.9. The molecule has 2 heterocycles. The molecule has 7 heteroatoms. The summed E-state index contributed by atoms with van der Waals surface area (Å²) in [5.74, 6) is -0.128. The largest absolute Gasteiger partial charge is 0.451 e. The van der Waals surface area contributed by atoms with E-state index in [0.717, 1.165) is 0 Å². The summed E-state index contributed by atoms with van der Waals surface area (Å²) in [4.78, 5) is 33.2. The van der Waals surface area contributed by atoms with Crippen molar-refractivity contribution in [1.29, 1.82) is 0 Å². The highest BCUT2D eigenvalue weighted by atomic mass is 19.1. The monoisotopic (exact) mass is 377 g/mol. The van der Waals surface area contributed by atoms with Crippen molar-refractivity contribution < 1.29 is 13.6 Å². The third-order valence-electron chi connectivity index (χ3n) is 4.35. The van der Waals surface area contributed by atoms with Gasteiger partial charge in [-0.15, -0.1) is 0 Å². The smallest absolute Gasteiger partial charge is 0.289 e. The average Bonchev–Trinajstić information content (AvgIpc) is 3.17. The quantitative estimate of drug-likeness (QED) is 0.589. The number of benzene rings is 2. The zero-order valence-corrected chi connectivity index (χ0v) is 15.0. The fourth-order valence-electron chi connectivity index (χ4n) is 2.95. The van der Waals surface area contributed by atoms with Crippen molar-refractivity contribution in [1.82, 2.24) is 14.9 Å². The molecule has 28 heavy (non-hydrogen) atoms. The lowest BCUT2D eigenvalue weighted by atomic mass is 10.1. The summed E-state index contributed by atoms with van der Waals surface area (Å²) in [6.07, 6.45) is 0. The van der Waals surface area contributed by atoms with Crippen molar-refractivity contribution in [2.45, 2.75) is 6.54 Å². The second-order valence-corrected chi connectivity index (χ2v) is 6.33. The van der Waals surface area contributed by atoms with Crippen molar-refractivity contribution in [2.24, 2.45) is 0 Å². The first-order valence-corrected chi connectivity index (χ1v) is 8.61. The number of nitrogens with one attached hydrogen (secondary N) is 1. The number of hydrogen-bond acceptors (Lipinski definition) is 4. The number of hydrogen-bond donors (Lipinski definition) is 1. The number of H-pyrrole nitrogens is 1. The minimum Gasteiger partial charge on any atom is -0.451 e. The lowest BCUT2D eigenvalue weighted by Crippen LogP contribution is -2.28. The number of fused-ring (bicyclic) bond motifs is 1. The molecular formula is C21H16FN3O3. The minimum atomic E-state index is -0.429. The van der Waals surface area contributed by atoms with E-state index in [1.54, 1.807) is 55.6 Å². The molecule has 0 radical (unpaired) electrons. The summed E-state index contributed by atoms with van der Waals surface area (Å²) in [6, 6.07) is 16.2. The zero-order chi connectivity index (χ0) is 19.7. The molecule has 0 aliphatic rings. The van der Waals surface area contributed by atoms with Crippen LogP contribution in [0.1, 0.15) is 16.4 Å². The summed E-state index contributed by atoms with van der Waals surface area (Å²) < 4.78 is 19.4. The first-order valence-electron chi connectivity index (χ1n) is 8.61. The number of carbonyl (C=O) groups excluding carboxylic acids is 1. The third-order valence-corrected chi connectivity index (χ3v) is 4.35. The Labute approximate surface area is 159 Å². The molecule has 1 N–H and O–H groups in total. The van der Waals surface area contributed by atoms with E-state index in [1.807, 2.05) is 0 Å². The molecule has 0 saturated carbocycles. The Morgan fingerprint density at radius 2 is 1.86 bits per heavy atom. The maximum absolute atomic E-state index is 13.9. The first kappa shape index (κ1) is 17.7. The van der Waals surface area contributed by atoms with Gasteiger partial charge in [0.2, 0.25) is 0 Å². The summed E-state index contributed by atoms with van der Waals surface area (Å²) in [6.45, 7) is 0.0919. The highest BCUT2D eigenvalue weighted by molar-refractivity contribution is 5.92. The van der Waals surface area contributed by atoms with Crippen LogP contribution in [0.25, 0.3) is 22.2 Å². The molecule has 2 aromatic heterocycles. The Morgan fingerprint density at radius 1 is 1.11 bits per heavy atom. The molecule has 6 nitrogen and oxygen atoms in total. The van der Waals surface area contributed by atoms with Crippen LogP contribution in [-0.4, -0.2) is 27.8 Å². The van der Waals surface area contributed by atoms with Gasteiger partial charge >= 0.3 is 0 Å². The highest BCUT2D eigenvalue weighted by Crippen LogP contribution is 2.25. The molecule has 0 aliphatic heterocycles. The van der Waals surface area contributed by atoms with Gasteiger partial charge in [-0.25, -0.2) is 9.37 Å². The standard InChI is InChI=1S/C21H16FN3O3/c1-25(12-19-23-16-9-5-3-7-14(16)20(26)24-19)21(27)18-11-10-17(28-18)13-6-2-4-8-15(13)22/h2-11H,12H2,1H3,(H,23,24,26). The molecule has 4 aromatic rings. The minimum absolute atomic E-state index is 0.0730. The van der Waals surface area contributed by atoms with E-state index in [2.05, 4.69) is 9.97 Å². The van der Waals surface area contributed by atoms with Crippen LogP contribution in [0.3, 0.4) is 0 Å². The van der Waals surface area contributed by atoms with Gasteiger partial charge in [0, 0.05) is 7.05 Å². The fourth-order valence-corrected chi connectivity index (χ4v) is 2.95. The number of aromatic nitrogens is 2. The van der Waals surface area contributed by atoms with E-state index in [9.17, 15) is 14.0 Å². The van der Waals surface area contributed by atoms with E-state index in [1.165, 1.54) is 17.0 Å². The van der Waals surface area contributed by atoms with Crippen molar-refractivity contribution in [3.63, 3.8) is 0 Å². The molecule has 140 valence electrons. The van der Waals surface area contributed by atoms with Gasteiger partial charge in [-0.05, 0) is 36.4 Å². The number of rotatable bonds is 4. The van der Waals surface area contributed by atoms with Gasteiger partial charge in [-0.2, -0.15) is 0 Å². The number of carbonyl (C=O) groups is 1. The molecule has 0 aliphatic carbocycles. The lowest BCUT2D eigenvalue weighted by molar-refractivity contribution is 0.0751. The molecule has 0 bridgehead atoms. The molecule has 0 fully saturated rings. The second kappa shape index (κ2) is 7.11. The van der Waals surface area contributed by atoms with Gasteiger partial charge < -0.3 is 14.3 Å². The van der Waals surface area contributed by atoms with Gasteiger partial charge in [0.25, 0.3) is 11.5 Å². The summed E-state index contributed by atoms with van der Waals surface area (Å²) in [5, 5.41) is 0.487. The van der Waals surface area contributed by atoms with Crippen LogP contribution < -0.4 is 5.56 Å². The molecule has 4 rings (SSSR count). The second-order valence-electron chi connectivity index (χ2n) is 6.33. The number of nitrogens with zero attached hydrogens (tertiary/aromatic N) is 2. The Morgan fingerprint density at radius 3 is 2.68 bits per heavy atom. The Balaban J connectivity index is 1.56. The molecule has 0 atom stereocenters. The van der Waals surface area contributed by atoms with Crippen LogP contribution in [0.5, 0.6) is 0 Å². The van der Waals surface area contributed by atoms with Crippen LogP contribution in [0.15, 0.2) is 69.9 Å². The van der Waals surface area contributed by atoms with Gasteiger partial charge in [0.1, 0.15) is 17.4 Å². The molecule has 2 aromatic carbocycles. The van der Waals surface area contributed by atoms with E-state index in [0.29, 0.717) is 16.7 Å². The summed E-state index contributed by atoms with van der Waals surface area (Å²) in [7, 11) is 1.57. The van der Waals surface area contributed by atoms with Crippen molar-refractivity contribution in [3.05, 3.63) is 88.4 Å². The average molecular weight is 377 g/mol.